The lowest BCUT2D eigenvalue weighted by Crippen LogP contribution is -2.49. The van der Waals surface area contributed by atoms with Crippen LogP contribution >= 0.6 is 8.53 Å². The number of hydrogen-bond donors (Lipinski definition) is 4. The van der Waals surface area contributed by atoms with Gasteiger partial charge in [0.15, 0.2) is 14.5 Å². The van der Waals surface area contributed by atoms with Gasteiger partial charge in [0.2, 0.25) is 8.53 Å². The first-order chi connectivity index (χ1) is 12.3. The summed E-state index contributed by atoms with van der Waals surface area (Å²) in [6, 6.07) is 1.19. The molecule has 1 fully saturated rings. The van der Waals surface area contributed by atoms with Crippen molar-refractivity contribution in [2.24, 2.45) is 5.50 Å². The first-order valence-corrected chi connectivity index (χ1v) is 12.7. The minimum atomic E-state index is -2.33. The normalized spacial score (nSPS) is 27.7. The van der Waals surface area contributed by atoms with E-state index in [1.807, 2.05) is 13.1 Å². The van der Waals surface area contributed by atoms with Gasteiger partial charge in [0, 0.05) is 12.3 Å². The van der Waals surface area contributed by atoms with Crippen LogP contribution in [0.4, 0.5) is 0 Å². The summed E-state index contributed by atoms with van der Waals surface area (Å²) in [4.78, 5) is 34.9. The van der Waals surface area contributed by atoms with Crippen molar-refractivity contribution in [2.45, 2.75) is 63.4 Å². The molecule has 0 amide bonds. The number of aliphatic hydroxyl groups excluding tert-OH is 1. The molecule has 1 unspecified atom stereocenters. The third-order valence-corrected chi connectivity index (χ3v) is 9.93. The van der Waals surface area contributed by atoms with Crippen molar-refractivity contribution < 1.29 is 23.7 Å². The fraction of sp³-hybridized carbons (Fsp3) is 0.733. The zero-order valence-corrected chi connectivity index (χ0v) is 18.0. The van der Waals surface area contributed by atoms with Crippen LogP contribution in [0.25, 0.3) is 0 Å². The molecule has 2 rings (SSSR count). The fourth-order valence-corrected chi connectivity index (χ4v) is 4.09. The minimum absolute atomic E-state index is 0.140. The fourth-order valence-electron chi connectivity index (χ4n) is 2.50. The van der Waals surface area contributed by atoms with Gasteiger partial charge >= 0.3 is 5.69 Å². The van der Waals surface area contributed by atoms with E-state index in [1.165, 1.54) is 16.8 Å². The first kappa shape index (κ1) is 22.4. The van der Waals surface area contributed by atoms with E-state index in [-0.39, 0.29) is 11.6 Å². The van der Waals surface area contributed by atoms with Crippen LogP contribution in [0.3, 0.4) is 0 Å². The van der Waals surface area contributed by atoms with Crippen molar-refractivity contribution in [3.63, 3.8) is 0 Å². The highest BCUT2D eigenvalue weighted by Gasteiger charge is 2.50. The topological polar surface area (TPSA) is 149 Å². The Morgan fingerprint density at radius 2 is 2.04 bits per heavy atom. The smallest absolute Gasteiger partial charge is 0.330 e. The van der Waals surface area contributed by atoms with E-state index in [0.717, 1.165) is 0 Å². The van der Waals surface area contributed by atoms with E-state index in [9.17, 15) is 19.6 Å². The molecule has 2 heterocycles. The number of nitrogens with zero attached hydrogens (tertiary/aromatic N) is 1. The number of aromatic nitrogens is 2. The lowest BCUT2D eigenvalue weighted by molar-refractivity contribution is -0.0495. The van der Waals surface area contributed by atoms with Crippen LogP contribution in [0.2, 0.25) is 18.1 Å². The summed E-state index contributed by atoms with van der Waals surface area (Å²) < 4.78 is 18.3. The van der Waals surface area contributed by atoms with E-state index in [2.05, 4.69) is 25.8 Å². The van der Waals surface area contributed by atoms with Crippen LogP contribution in [0.1, 0.15) is 27.0 Å². The summed E-state index contributed by atoms with van der Waals surface area (Å²) in [5, 5.41) is 10.6. The molecule has 5 atom stereocenters. The number of aliphatic hydroxyl groups is 1. The summed E-state index contributed by atoms with van der Waals surface area (Å²) in [7, 11) is -4.44. The Hall–Kier alpha value is -0.913. The molecule has 0 aliphatic carbocycles. The summed E-state index contributed by atoms with van der Waals surface area (Å²) in [6.45, 7) is 10.0. The Morgan fingerprint density at radius 1 is 1.41 bits per heavy atom. The van der Waals surface area contributed by atoms with Crippen molar-refractivity contribution in [1.29, 1.82) is 0 Å². The average molecular weight is 421 g/mol. The predicted octanol–water partition coefficient (Wildman–Crippen LogP) is 0.380. The number of rotatable bonds is 6. The van der Waals surface area contributed by atoms with Crippen LogP contribution < -0.4 is 16.8 Å². The van der Waals surface area contributed by atoms with Gasteiger partial charge in [-0.1, -0.05) is 20.8 Å². The van der Waals surface area contributed by atoms with Crippen molar-refractivity contribution in [3.8, 4) is 0 Å². The van der Waals surface area contributed by atoms with E-state index >= 15 is 0 Å². The molecule has 1 aromatic rings. The maximum Gasteiger partial charge on any atom is 0.330 e. The van der Waals surface area contributed by atoms with Crippen molar-refractivity contribution in [2.75, 3.05) is 6.61 Å². The number of H-pyrrole nitrogens is 1. The Morgan fingerprint density at radius 3 is 2.56 bits per heavy atom. The van der Waals surface area contributed by atoms with E-state index < -0.39 is 52.6 Å². The van der Waals surface area contributed by atoms with Gasteiger partial charge in [0.1, 0.15) is 18.3 Å². The van der Waals surface area contributed by atoms with E-state index in [0.29, 0.717) is 0 Å². The molecule has 0 saturated carbocycles. The van der Waals surface area contributed by atoms with Crippen molar-refractivity contribution in [1.82, 2.24) is 9.55 Å². The molecule has 12 heteroatoms. The Kier molecular flexibility index (Phi) is 6.81. The number of nitrogens with two attached hydrogens (primary N) is 1. The quantitative estimate of drug-likeness (QED) is 0.380. The molecule has 5 N–H and O–H groups in total. The number of nitrogens with one attached hydrogen (secondary N) is 1. The standard InChI is InChI=1S/C15H28N3O7PSi/c1-15(2,3)27(4,5)25-12-11(20)9(8-23-26(16)22)24-13(12)18-7-6-10(19)17-14(18)21/h6-7,9,11-13,20,22H,8,16H2,1-5H3,(H,17,19,21)/t9-,11-,12-,13-,26?/m1/s1. The Labute approximate surface area is 159 Å². The molecule has 1 aromatic heterocycles. The molecule has 1 aliphatic heterocycles. The second kappa shape index (κ2) is 8.22. The molecule has 1 saturated heterocycles. The highest BCUT2D eigenvalue weighted by atomic mass is 31.2. The first-order valence-electron chi connectivity index (χ1n) is 8.53. The third-order valence-electron chi connectivity index (χ3n) is 5.05. The average Bonchev–Trinajstić information content (AvgIpc) is 2.80. The van der Waals surface area contributed by atoms with Crippen LogP contribution in [0, 0.1) is 0 Å². The zero-order chi connectivity index (χ0) is 20.6. The van der Waals surface area contributed by atoms with Gasteiger partial charge in [-0.25, -0.2) is 4.79 Å². The summed E-state index contributed by atoms with van der Waals surface area (Å²) in [5.41, 5.74) is 4.03. The number of aromatic amines is 1. The largest absolute Gasteiger partial charge is 0.407 e. The number of ether oxygens (including phenoxy) is 1. The van der Waals surface area contributed by atoms with Gasteiger partial charge in [-0.15, -0.1) is 0 Å². The van der Waals surface area contributed by atoms with Gasteiger partial charge in [-0.05, 0) is 18.1 Å². The van der Waals surface area contributed by atoms with Crippen LogP contribution in [-0.2, 0) is 13.7 Å². The SMILES string of the molecule is CC(C)(C)[Si](C)(C)O[C@@H]1[C@H](O)[C@@H](COP(N)O)O[C@H]1n1ccc(=O)[nH]c1=O. The van der Waals surface area contributed by atoms with Crippen molar-refractivity contribution >= 4 is 16.8 Å². The summed E-state index contributed by atoms with van der Waals surface area (Å²) >= 11 is 0. The molecule has 154 valence electrons. The van der Waals surface area contributed by atoms with Crippen LogP contribution in [0.5, 0.6) is 0 Å². The maximum absolute atomic E-state index is 12.2. The molecule has 0 bridgehead atoms. The third kappa shape index (κ3) is 5.12. The van der Waals surface area contributed by atoms with E-state index in [1.54, 1.807) is 0 Å². The minimum Gasteiger partial charge on any atom is -0.407 e. The van der Waals surface area contributed by atoms with Gasteiger partial charge in [0.25, 0.3) is 5.56 Å². The van der Waals surface area contributed by atoms with Crippen LogP contribution in [0.15, 0.2) is 21.9 Å². The zero-order valence-electron chi connectivity index (χ0n) is 16.1. The number of hydrogen-bond acceptors (Lipinski definition) is 8. The van der Waals surface area contributed by atoms with Gasteiger partial charge in [-0.2, -0.15) is 0 Å². The van der Waals surface area contributed by atoms with Crippen LogP contribution in [-0.4, -0.2) is 52.8 Å². The van der Waals surface area contributed by atoms with Gasteiger partial charge in [-0.3, -0.25) is 19.8 Å². The molecule has 0 radical (unpaired) electrons. The molecular weight excluding hydrogens is 393 g/mol. The molecule has 27 heavy (non-hydrogen) atoms. The summed E-state index contributed by atoms with van der Waals surface area (Å²) in [5.74, 6) is 0. The predicted molar refractivity (Wildman–Crippen MR) is 103 cm³/mol. The lowest BCUT2D eigenvalue weighted by Gasteiger charge is -2.40. The second-order valence-electron chi connectivity index (χ2n) is 8.01. The van der Waals surface area contributed by atoms with Gasteiger partial charge in [0.05, 0.1) is 6.61 Å². The molecule has 0 aromatic carbocycles. The molecular formula is C15H28N3O7PSi. The van der Waals surface area contributed by atoms with Gasteiger partial charge < -0.3 is 23.7 Å². The maximum atomic E-state index is 12.2. The second-order valence-corrected chi connectivity index (χ2v) is 13.6. The van der Waals surface area contributed by atoms with Crippen molar-refractivity contribution in [3.05, 3.63) is 33.1 Å². The monoisotopic (exact) mass is 421 g/mol. The molecule has 0 spiro atoms. The lowest BCUT2D eigenvalue weighted by atomic mass is 10.1. The highest BCUT2D eigenvalue weighted by molar-refractivity contribution is 7.43. The Bertz CT molecular complexity index is 761. The molecule has 10 nitrogen and oxygen atoms in total. The highest BCUT2D eigenvalue weighted by Crippen LogP contribution is 2.41. The molecule has 1 aliphatic rings. The van der Waals surface area contributed by atoms with E-state index in [4.69, 9.17) is 19.2 Å². The Balaban J connectivity index is 2.37. The summed E-state index contributed by atoms with van der Waals surface area (Å²) in [6.07, 6.45) is -2.49.